The van der Waals surface area contributed by atoms with Gasteiger partial charge in [-0.3, -0.25) is 4.79 Å². The fourth-order valence-corrected chi connectivity index (χ4v) is 1.81. The average Bonchev–Trinajstić information content (AvgIpc) is 2.64. The zero-order valence-electron chi connectivity index (χ0n) is 10.4. The van der Waals surface area contributed by atoms with Gasteiger partial charge in [0.2, 0.25) is 0 Å². The topological polar surface area (TPSA) is 75.4 Å². The lowest BCUT2D eigenvalue weighted by atomic mass is 10.1. The highest BCUT2D eigenvalue weighted by Gasteiger charge is 2.08. The van der Waals surface area contributed by atoms with E-state index in [1.54, 1.807) is 0 Å². The number of anilines is 1. The molecule has 0 radical (unpaired) electrons. The average molecular weight is 248 g/mol. The number of hydrogen-bond acceptors (Lipinski definition) is 4. The lowest BCUT2D eigenvalue weighted by Crippen LogP contribution is -2.14. The second kappa shape index (κ2) is 5.08. The van der Waals surface area contributed by atoms with Gasteiger partial charge >= 0.3 is 5.97 Å². The van der Waals surface area contributed by atoms with E-state index in [1.165, 1.54) is 0 Å². The van der Waals surface area contributed by atoms with Gasteiger partial charge in [0.1, 0.15) is 5.52 Å². The van der Waals surface area contributed by atoms with Crippen molar-refractivity contribution in [3.05, 3.63) is 24.1 Å². The van der Waals surface area contributed by atoms with E-state index in [0.717, 1.165) is 16.8 Å². The van der Waals surface area contributed by atoms with E-state index in [0.29, 0.717) is 12.4 Å². The molecular formula is C13H16N2O3. The third kappa shape index (κ3) is 3.00. The Bertz CT molecular complexity index is 562. The zero-order chi connectivity index (χ0) is 13.1. The predicted molar refractivity (Wildman–Crippen MR) is 68.7 cm³/mol. The van der Waals surface area contributed by atoms with E-state index in [2.05, 4.69) is 10.3 Å². The lowest BCUT2D eigenvalue weighted by molar-refractivity contribution is -0.137. The first kappa shape index (κ1) is 12.4. The van der Waals surface area contributed by atoms with Crippen molar-refractivity contribution in [2.24, 2.45) is 5.92 Å². The second-order valence-electron chi connectivity index (χ2n) is 4.50. The number of benzene rings is 1. The summed E-state index contributed by atoms with van der Waals surface area (Å²) in [6.07, 6.45) is 0.165. The first-order valence-electron chi connectivity index (χ1n) is 5.87. The Labute approximate surface area is 105 Å². The molecule has 0 aliphatic carbocycles. The molecule has 2 N–H and O–H groups in total. The maximum atomic E-state index is 10.5. The Morgan fingerprint density at radius 2 is 2.33 bits per heavy atom. The molecule has 0 aliphatic heterocycles. The van der Waals surface area contributed by atoms with Crippen molar-refractivity contribution in [1.29, 1.82) is 0 Å². The summed E-state index contributed by atoms with van der Waals surface area (Å²) in [5.41, 5.74) is 2.49. The minimum absolute atomic E-state index is 0.0808. The van der Waals surface area contributed by atoms with E-state index in [-0.39, 0.29) is 12.3 Å². The number of aliphatic carboxylic acids is 1. The summed E-state index contributed by atoms with van der Waals surface area (Å²) in [6.45, 7) is 4.33. The number of oxazole rings is 1. The molecule has 18 heavy (non-hydrogen) atoms. The molecule has 1 unspecified atom stereocenters. The van der Waals surface area contributed by atoms with Crippen LogP contribution in [-0.4, -0.2) is 22.6 Å². The van der Waals surface area contributed by atoms with Crippen LogP contribution in [0.25, 0.3) is 11.1 Å². The van der Waals surface area contributed by atoms with Crippen molar-refractivity contribution in [2.75, 3.05) is 11.9 Å². The van der Waals surface area contributed by atoms with Crippen LogP contribution < -0.4 is 5.32 Å². The Kier molecular flexibility index (Phi) is 3.50. The Hall–Kier alpha value is -2.04. The van der Waals surface area contributed by atoms with Gasteiger partial charge in [0.25, 0.3) is 0 Å². The van der Waals surface area contributed by atoms with Gasteiger partial charge in [0.05, 0.1) is 0 Å². The highest BCUT2D eigenvalue weighted by atomic mass is 16.4. The highest BCUT2D eigenvalue weighted by molar-refractivity contribution is 5.77. The largest absolute Gasteiger partial charge is 0.481 e. The molecule has 1 heterocycles. The van der Waals surface area contributed by atoms with E-state index < -0.39 is 5.97 Å². The normalized spacial score (nSPS) is 12.6. The summed E-state index contributed by atoms with van der Waals surface area (Å²) >= 11 is 0. The summed E-state index contributed by atoms with van der Waals surface area (Å²) in [5.74, 6) is -0.0504. The summed E-state index contributed by atoms with van der Waals surface area (Å²) in [5, 5.41) is 11.9. The van der Waals surface area contributed by atoms with Crippen LogP contribution in [0, 0.1) is 12.8 Å². The van der Waals surface area contributed by atoms with Gasteiger partial charge < -0.3 is 14.8 Å². The Morgan fingerprint density at radius 1 is 1.56 bits per heavy atom. The number of fused-ring (bicyclic) bond motifs is 1. The minimum Gasteiger partial charge on any atom is -0.481 e. The van der Waals surface area contributed by atoms with Crippen molar-refractivity contribution in [2.45, 2.75) is 20.3 Å². The molecule has 5 heteroatoms. The summed E-state index contributed by atoms with van der Waals surface area (Å²) < 4.78 is 5.38. The van der Waals surface area contributed by atoms with Crippen LogP contribution >= 0.6 is 0 Å². The molecule has 0 amide bonds. The van der Waals surface area contributed by atoms with Gasteiger partial charge in [0.15, 0.2) is 11.5 Å². The van der Waals surface area contributed by atoms with Gasteiger partial charge in [-0.05, 0) is 24.1 Å². The SMILES string of the molecule is Cc1nc2cc(NCC(C)CC(=O)O)ccc2o1. The van der Waals surface area contributed by atoms with Crippen molar-refractivity contribution >= 4 is 22.8 Å². The van der Waals surface area contributed by atoms with Crippen LogP contribution in [0.2, 0.25) is 0 Å². The van der Waals surface area contributed by atoms with Crippen LogP contribution in [0.3, 0.4) is 0 Å². The van der Waals surface area contributed by atoms with Crippen molar-refractivity contribution in [1.82, 2.24) is 4.98 Å². The fourth-order valence-electron chi connectivity index (χ4n) is 1.81. The molecule has 2 rings (SSSR count). The number of nitrogens with one attached hydrogen (secondary N) is 1. The minimum atomic E-state index is -0.771. The van der Waals surface area contributed by atoms with Crippen LogP contribution in [0.15, 0.2) is 22.6 Å². The Morgan fingerprint density at radius 3 is 3.06 bits per heavy atom. The zero-order valence-corrected chi connectivity index (χ0v) is 10.4. The van der Waals surface area contributed by atoms with E-state index in [1.807, 2.05) is 32.0 Å². The van der Waals surface area contributed by atoms with Crippen molar-refractivity contribution < 1.29 is 14.3 Å². The maximum Gasteiger partial charge on any atom is 0.303 e. The number of carbonyl (C=O) groups is 1. The number of aromatic nitrogens is 1. The smallest absolute Gasteiger partial charge is 0.303 e. The molecule has 0 bridgehead atoms. The third-order valence-electron chi connectivity index (χ3n) is 2.67. The van der Waals surface area contributed by atoms with Crippen LogP contribution in [0.4, 0.5) is 5.69 Å². The Balaban J connectivity index is 2.01. The lowest BCUT2D eigenvalue weighted by Gasteiger charge is -2.11. The molecule has 1 aromatic heterocycles. The number of carboxylic acid groups (broad SMARTS) is 1. The number of nitrogens with zero attached hydrogens (tertiary/aromatic N) is 1. The molecule has 1 atom stereocenters. The number of aryl methyl sites for hydroxylation is 1. The second-order valence-corrected chi connectivity index (χ2v) is 4.50. The molecule has 1 aromatic carbocycles. The number of rotatable bonds is 5. The number of hydrogen-bond donors (Lipinski definition) is 2. The summed E-state index contributed by atoms with van der Waals surface area (Å²) in [4.78, 5) is 14.8. The van der Waals surface area contributed by atoms with Crippen molar-refractivity contribution in [3.63, 3.8) is 0 Å². The quantitative estimate of drug-likeness (QED) is 0.850. The monoisotopic (exact) mass is 248 g/mol. The van der Waals surface area contributed by atoms with Gasteiger partial charge in [0, 0.05) is 25.6 Å². The third-order valence-corrected chi connectivity index (χ3v) is 2.67. The summed E-state index contributed by atoms with van der Waals surface area (Å²) in [7, 11) is 0. The van der Waals surface area contributed by atoms with Crippen LogP contribution in [-0.2, 0) is 4.79 Å². The molecule has 0 spiro atoms. The molecule has 0 saturated carbocycles. The van der Waals surface area contributed by atoms with Gasteiger partial charge in [-0.25, -0.2) is 4.98 Å². The molecular weight excluding hydrogens is 232 g/mol. The van der Waals surface area contributed by atoms with E-state index >= 15 is 0 Å². The molecule has 0 fully saturated rings. The molecule has 5 nitrogen and oxygen atoms in total. The fraction of sp³-hybridized carbons (Fsp3) is 0.385. The maximum absolute atomic E-state index is 10.5. The highest BCUT2D eigenvalue weighted by Crippen LogP contribution is 2.20. The predicted octanol–water partition coefficient (Wildman–Crippen LogP) is 2.66. The molecule has 0 saturated heterocycles. The summed E-state index contributed by atoms with van der Waals surface area (Å²) in [6, 6.07) is 5.67. The van der Waals surface area contributed by atoms with Crippen LogP contribution in [0.1, 0.15) is 19.2 Å². The van der Waals surface area contributed by atoms with Crippen molar-refractivity contribution in [3.8, 4) is 0 Å². The number of carboxylic acids is 1. The molecule has 2 aromatic rings. The molecule has 0 aliphatic rings. The standard InChI is InChI=1S/C13H16N2O3/c1-8(5-13(16)17)7-14-10-3-4-12-11(6-10)15-9(2)18-12/h3-4,6,8,14H,5,7H2,1-2H3,(H,16,17). The first-order valence-corrected chi connectivity index (χ1v) is 5.87. The van der Waals surface area contributed by atoms with E-state index in [4.69, 9.17) is 9.52 Å². The van der Waals surface area contributed by atoms with Gasteiger partial charge in [-0.15, -0.1) is 0 Å². The van der Waals surface area contributed by atoms with Gasteiger partial charge in [-0.1, -0.05) is 6.92 Å². The van der Waals surface area contributed by atoms with Crippen LogP contribution in [0.5, 0.6) is 0 Å². The van der Waals surface area contributed by atoms with Gasteiger partial charge in [-0.2, -0.15) is 0 Å². The van der Waals surface area contributed by atoms with E-state index in [9.17, 15) is 4.79 Å². The molecule has 96 valence electrons. The first-order chi connectivity index (χ1) is 8.54.